The number of hydrogen-bond donors (Lipinski definition) is 0. The normalized spacial score (nSPS) is 10.7. The molecular formula is C36H25F6IN6O2. The molecule has 0 unspecified atom stereocenters. The van der Waals surface area contributed by atoms with E-state index in [2.05, 4.69) is 70.0 Å². The van der Waals surface area contributed by atoms with E-state index >= 15 is 0 Å². The van der Waals surface area contributed by atoms with E-state index in [1.807, 2.05) is 38.1 Å². The maximum absolute atomic E-state index is 12.2. The number of ether oxygens (including phenoxy) is 2. The largest absolute Gasteiger partial charge is 0.573 e. The van der Waals surface area contributed by atoms with Crippen molar-refractivity contribution in [1.29, 1.82) is 0 Å². The molecule has 0 atom stereocenters. The van der Waals surface area contributed by atoms with Gasteiger partial charge in [-0.3, -0.25) is 4.98 Å². The topological polar surface area (TPSA) is 79.9 Å². The second-order valence-corrected chi connectivity index (χ2v) is 11.1. The number of alkyl halides is 6. The van der Waals surface area contributed by atoms with Crippen LogP contribution in [0.1, 0.15) is 28.3 Å². The fraction of sp³-hybridized carbons (Fsp3) is 0.111. The average molecular weight is 815 g/mol. The molecule has 6 rings (SSSR count). The first kappa shape index (κ1) is 38.0. The average Bonchev–Trinajstić information content (AvgIpc) is 3.64. The summed E-state index contributed by atoms with van der Waals surface area (Å²) in [7, 11) is 0. The first-order chi connectivity index (χ1) is 24.2. The molecule has 15 heteroatoms. The van der Waals surface area contributed by atoms with E-state index in [0.717, 1.165) is 20.7 Å². The van der Waals surface area contributed by atoms with Gasteiger partial charge >= 0.3 is 12.7 Å². The van der Waals surface area contributed by atoms with E-state index in [1.165, 1.54) is 48.5 Å². The summed E-state index contributed by atoms with van der Waals surface area (Å²) in [6.07, 6.45) is 0.680. The van der Waals surface area contributed by atoms with E-state index in [1.54, 1.807) is 46.2 Å². The number of pyridine rings is 2. The van der Waals surface area contributed by atoms with Crippen molar-refractivity contribution in [1.82, 2.24) is 29.5 Å². The van der Waals surface area contributed by atoms with Crippen molar-refractivity contribution in [2.45, 2.75) is 26.6 Å². The number of benzene rings is 2. The summed E-state index contributed by atoms with van der Waals surface area (Å²) in [5, 5.41) is 8.58. The summed E-state index contributed by atoms with van der Waals surface area (Å²) in [4.78, 5) is 7.92. The zero-order valence-electron chi connectivity index (χ0n) is 26.6. The lowest BCUT2D eigenvalue weighted by Crippen LogP contribution is -2.17. The zero-order chi connectivity index (χ0) is 37.0. The summed E-state index contributed by atoms with van der Waals surface area (Å²) < 4.78 is 84.3. The Labute approximate surface area is 302 Å². The predicted molar refractivity (Wildman–Crippen MR) is 185 cm³/mol. The van der Waals surface area contributed by atoms with E-state index in [0.29, 0.717) is 22.8 Å². The number of terminal acetylenes is 1. The Morgan fingerprint density at radius 1 is 0.667 bits per heavy atom. The molecule has 51 heavy (non-hydrogen) atoms. The molecule has 0 amide bonds. The van der Waals surface area contributed by atoms with Gasteiger partial charge in [-0.1, -0.05) is 12.0 Å². The number of aromatic nitrogens is 6. The quantitative estimate of drug-likeness (QED) is 0.101. The molecule has 0 saturated heterocycles. The maximum atomic E-state index is 12.2. The predicted octanol–water partition coefficient (Wildman–Crippen LogP) is 8.62. The van der Waals surface area contributed by atoms with Crippen LogP contribution < -0.4 is 9.47 Å². The van der Waals surface area contributed by atoms with Gasteiger partial charge in [0.1, 0.15) is 26.6 Å². The van der Waals surface area contributed by atoms with Gasteiger partial charge in [0.25, 0.3) is 0 Å². The van der Waals surface area contributed by atoms with Crippen LogP contribution in [-0.2, 0) is 0 Å². The lowest BCUT2D eigenvalue weighted by molar-refractivity contribution is -0.275. The molecular weight excluding hydrogens is 789 g/mol. The number of halogens is 7. The highest BCUT2D eigenvalue weighted by molar-refractivity contribution is 14.1. The van der Waals surface area contributed by atoms with Crippen LogP contribution in [0.2, 0.25) is 0 Å². The van der Waals surface area contributed by atoms with Crippen LogP contribution in [0.15, 0.2) is 110 Å². The molecule has 4 aromatic heterocycles. The summed E-state index contributed by atoms with van der Waals surface area (Å²) in [6.45, 7) is 3.70. The molecule has 0 N–H and O–H groups in total. The molecule has 8 nitrogen and oxygen atoms in total. The first-order valence-electron chi connectivity index (χ1n) is 14.5. The van der Waals surface area contributed by atoms with Crippen molar-refractivity contribution in [3.05, 3.63) is 142 Å². The highest BCUT2D eigenvalue weighted by Gasteiger charge is 2.31. The van der Waals surface area contributed by atoms with Crippen LogP contribution in [0.5, 0.6) is 11.5 Å². The third-order valence-corrected chi connectivity index (χ3v) is 6.71. The molecule has 0 aliphatic rings. The summed E-state index contributed by atoms with van der Waals surface area (Å²) >= 11 is 2.07. The number of hydrogen-bond acceptors (Lipinski definition) is 6. The minimum Gasteiger partial charge on any atom is -0.406 e. The molecule has 0 fully saturated rings. The van der Waals surface area contributed by atoms with Crippen molar-refractivity contribution in [3.63, 3.8) is 0 Å². The minimum absolute atomic E-state index is 0.245. The van der Waals surface area contributed by atoms with E-state index in [4.69, 9.17) is 6.42 Å². The highest BCUT2D eigenvalue weighted by Crippen LogP contribution is 2.25. The number of rotatable bonds is 4. The fourth-order valence-corrected chi connectivity index (χ4v) is 4.75. The van der Waals surface area contributed by atoms with Crippen molar-refractivity contribution in [3.8, 4) is 47.1 Å². The molecule has 6 aromatic rings. The molecule has 4 heterocycles. The SMILES string of the molecule is C#Cc1cccnc1.Cc1cc(C#Cc2ccccn2)nn1-c1ccc(OC(F)(F)F)cc1.Cc1cc(I)nn1-c1ccc(OC(F)(F)F)cc1. The summed E-state index contributed by atoms with van der Waals surface area (Å²) in [5.74, 6) is 7.76. The van der Waals surface area contributed by atoms with Crippen LogP contribution in [0.3, 0.4) is 0 Å². The molecule has 0 aliphatic heterocycles. The van der Waals surface area contributed by atoms with Crippen molar-refractivity contribution >= 4 is 22.6 Å². The van der Waals surface area contributed by atoms with Crippen molar-refractivity contribution in [2.75, 3.05) is 0 Å². The Morgan fingerprint density at radius 3 is 1.65 bits per heavy atom. The van der Waals surface area contributed by atoms with Crippen molar-refractivity contribution in [2.24, 2.45) is 0 Å². The van der Waals surface area contributed by atoms with Crippen molar-refractivity contribution < 1.29 is 35.8 Å². The molecule has 0 spiro atoms. The van der Waals surface area contributed by atoms with Gasteiger partial charge < -0.3 is 9.47 Å². The van der Waals surface area contributed by atoms with Crippen LogP contribution in [-0.4, -0.2) is 42.3 Å². The maximum Gasteiger partial charge on any atom is 0.573 e. The highest BCUT2D eigenvalue weighted by atomic mass is 127. The van der Waals surface area contributed by atoms with E-state index < -0.39 is 12.7 Å². The third kappa shape index (κ3) is 12.5. The Morgan fingerprint density at radius 2 is 1.22 bits per heavy atom. The molecule has 2 aromatic carbocycles. The van der Waals surface area contributed by atoms with Crippen LogP contribution >= 0.6 is 22.6 Å². The number of nitrogens with zero attached hydrogens (tertiary/aromatic N) is 6. The molecule has 0 aliphatic carbocycles. The van der Waals surface area contributed by atoms with E-state index in [-0.39, 0.29) is 11.5 Å². The van der Waals surface area contributed by atoms with Gasteiger partial charge in [-0.25, -0.2) is 14.3 Å². The molecule has 0 saturated carbocycles. The van der Waals surface area contributed by atoms with Gasteiger partial charge in [-0.05, 0) is 133 Å². The van der Waals surface area contributed by atoms with E-state index in [9.17, 15) is 26.3 Å². The van der Waals surface area contributed by atoms with Gasteiger partial charge in [-0.2, -0.15) is 10.2 Å². The van der Waals surface area contributed by atoms with Crippen LogP contribution in [0, 0.1) is 41.7 Å². The Kier molecular flexibility index (Phi) is 12.8. The molecule has 260 valence electrons. The smallest absolute Gasteiger partial charge is 0.406 e. The molecule has 0 radical (unpaired) electrons. The van der Waals surface area contributed by atoms with Crippen LogP contribution in [0.25, 0.3) is 11.4 Å². The Bertz CT molecular complexity index is 2110. The van der Waals surface area contributed by atoms with Gasteiger partial charge in [-0.15, -0.1) is 32.8 Å². The lowest BCUT2D eigenvalue weighted by Gasteiger charge is -2.09. The minimum atomic E-state index is -4.71. The molecule has 0 bridgehead atoms. The fourth-order valence-electron chi connectivity index (χ4n) is 4.09. The lowest BCUT2D eigenvalue weighted by atomic mass is 10.3. The number of aryl methyl sites for hydroxylation is 2. The standard InChI is InChI=1S/C18H12F3N3O.C11H8F3IN2O.C7H5N/c1-13-12-15(6-5-14-4-2-3-11-22-14)23-24(13)16-7-9-17(10-8-16)25-18(19,20)21;1-7-6-10(15)16-17(7)8-2-4-9(5-3-8)18-11(12,13)14;1-2-7-4-3-5-8-6-7/h2-4,7-12H,1H3;2-6H,1H3;1,3-6H. The second kappa shape index (κ2) is 17.2. The summed E-state index contributed by atoms with van der Waals surface area (Å²) in [6, 6.07) is 23.8. The first-order valence-corrected chi connectivity index (χ1v) is 15.6. The van der Waals surface area contributed by atoms with Gasteiger partial charge in [0.05, 0.1) is 11.4 Å². The van der Waals surface area contributed by atoms with Gasteiger partial charge in [0.15, 0.2) is 0 Å². The monoisotopic (exact) mass is 814 g/mol. The van der Waals surface area contributed by atoms with Gasteiger partial charge in [0.2, 0.25) is 0 Å². The summed E-state index contributed by atoms with van der Waals surface area (Å²) in [5.41, 5.74) is 5.00. The van der Waals surface area contributed by atoms with Crippen LogP contribution in [0.4, 0.5) is 26.3 Å². The van der Waals surface area contributed by atoms with Gasteiger partial charge in [0, 0.05) is 35.5 Å². The Hall–Kier alpha value is -5.81. The Balaban J connectivity index is 0.000000194. The third-order valence-electron chi connectivity index (χ3n) is 6.19. The second-order valence-electron chi connectivity index (χ2n) is 10.0. The zero-order valence-corrected chi connectivity index (χ0v) is 28.8.